The summed E-state index contributed by atoms with van der Waals surface area (Å²) in [7, 11) is 0. The zero-order valence-corrected chi connectivity index (χ0v) is 14.7. The van der Waals surface area contributed by atoms with E-state index in [0.717, 1.165) is 36.1 Å². The van der Waals surface area contributed by atoms with Gasteiger partial charge in [-0.15, -0.1) is 5.10 Å². The Balaban J connectivity index is 1.54. The standard InChI is InChI=1S/C19H19N5O3/c25-15-10-14(11-6-2-1-3-7-11)24-18(20-15)21-19(22-24)23-16(26)12-8-4-5-9-13(12)17(23)27/h1-3,6-7,12-14H,4-5,8-10H2,(H,20,21,22,25). The Morgan fingerprint density at radius 3 is 2.30 bits per heavy atom. The van der Waals surface area contributed by atoms with Crippen LogP contribution in [0.1, 0.15) is 43.7 Å². The Morgan fingerprint density at radius 2 is 1.63 bits per heavy atom. The molecule has 2 aromatic rings. The number of nitrogens with zero attached hydrogens (tertiary/aromatic N) is 4. The number of benzene rings is 1. The summed E-state index contributed by atoms with van der Waals surface area (Å²) >= 11 is 0. The molecule has 3 atom stereocenters. The lowest BCUT2D eigenvalue weighted by atomic mass is 9.81. The maximum atomic E-state index is 12.8. The molecular formula is C19H19N5O3. The zero-order valence-electron chi connectivity index (χ0n) is 14.7. The van der Waals surface area contributed by atoms with Crippen LogP contribution in [0.3, 0.4) is 0 Å². The SMILES string of the molecule is O=C1CC(c2ccccc2)n2nc(N3C(=O)C4CCCCC4C3=O)nc2N1. The number of fused-ring (bicyclic) bond motifs is 2. The van der Waals surface area contributed by atoms with E-state index in [1.54, 1.807) is 4.68 Å². The van der Waals surface area contributed by atoms with Crippen LogP contribution in [-0.2, 0) is 14.4 Å². The average molecular weight is 365 g/mol. The number of rotatable bonds is 2. The molecule has 3 aliphatic rings. The zero-order chi connectivity index (χ0) is 18.5. The van der Waals surface area contributed by atoms with Crippen molar-refractivity contribution >= 4 is 29.6 Å². The van der Waals surface area contributed by atoms with E-state index in [4.69, 9.17) is 0 Å². The highest BCUT2D eigenvalue weighted by atomic mass is 16.2. The van der Waals surface area contributed by atoms with Gasteiger partial charge in [-0.05, 0) is 18.4 Å². The minimum atomic E-state index is -0.314. The molecule has 1 saturated carbocycles. The third-order valence-electron chi connectivity index (χ3n) is 5.77. The molecule has 8 heteroatoms. The van der Waals surface area contributed by atoms with Crippen molar-refractivity contribution < 1.29 is 14.4 Å². The number of hydrogen-bond donors (Lipinski definition) is 1. The van der Waals surface area contributed by atoms with Crippen LogP contribution in [-0.4, -0.2) is 32.5 Å². The molecule has 2 aliphatic heterocycles. The van der Waals surface area contributed by atoms with Gasteiger partial charge in [-0.2, -0.15) is 4.98 Å². The third kappa shape index (κ3) is 2.47. The van der Waals surface area contributed by atoms with Crippen LogP contribution in [0, 0.1) is 11.8 Å². The summed E-state index contributed by atoms with van der Waals surface area (Å²) in [6, 6.07) is 9.24. The summed E-state index contributed by atoms with van der Waals surface area (Å²) in [5.41, 5.74) is 0.929. The summed E-state index contributed by atoms with van der Waals surface area (Å²) in [5.74, 6) is -0.769. The number of hydrogen-bond acceptors (Lipinski definition) is 5. The molecule has 27 heavy (non-hydrogen) atoms. The monoisotopic (exact) mass is 365 g/mol. The van der Waals surface area contributed by atoms with Gasteiger partial charge in [0.1, 0.15) is 0 Å². The van der Waals surface area contributed by atoms with Crippen molar-refractivity contribution in [3.63, 3.8) is 0 Å². The van der Waals surface area contributed by atoms with Gasteiger partial charge < -0.3 is 0 Å². The Morgan fingerprint density at radius 1 is 0.963 bits per heavy atom. The number of imide groups is 1. The first-order valence-corrected chi connectivity index (χ1v) is 9.32. The van der Waals surface area contributed by atoms with E-state index < -0.39 is 0 Å². The first-order chi connectivity index (χ1) is 13.1. The molecule has 5 rings (SSSR count). The quantitative estimate of drug-likeness (QED) is 0.820. The molecule has 0 radical (unpaired) electrons. The lowest BCUT2D eigenvalue weighted by Gasteiger charge is -2.23. The highest BCUT2D eigenvalue weighted by molar-refractivity contribution is 6.21. The van der Waals surface area contributed by atoms with Crippen molar-refractivity contribution in [2.75, 3.05) is 10.2 Å². The van der Waals surface area contributed by atoms with Crippen LogP contribution in [0.2, 0.25) is 0 Å². The summed E-state index contributed by atoms with van der Waals surface area (Å²) in [6.45, 7) is 0. The minimum Gasteiger partial charge on any atom is -0.295 e. The number of aromatic nitrogens is 3. The van der Waals surface area contributed by atoms with E-state index in [1.807, 2.05) is 30.3 Å². The third-order valence-corrected chi connectivity index (χ3v) is 5.77. The van der Waals surface area contributed by atoms with Crippen LogP contribution in [0.15, 0.2) is 30.3 Å². The summed E-state index contributed by atoms with van der Waals surface area (Å²) < 4.78 is 1.61. The van der Waals surface area contributed by atoms with Gasteiger partial charge in [0, 0.05) is 0 Å². The molecule has 1 aromatic carbocycles. The maximum Gasteiger partial charge on any atom is 0.260 e. The number of anilines is 2. The fourth-order valence-electron chi connectivity index (χ4n) is 4.44. The van der Waals surface area contributed by atoms with Crippen LogP contribution in [0.4, 0.5) is 11.9 Å². The summed E-state index contributed by atoms with van der Waals surface area (Å²) in [6.07, 6.45) is 3.64. The second kappa shape index (κ2) is 6.00. The predicted molar refractivity (Wildman–Crippen MR) is 95.8 cm³/mol. The number of carbonyl (C=O) groups is 3. The molecule has 8 nitrogen and oxygen atoms in total. The molecular weight excluding hydrogens is 346 g/mol. The van der Waals surface area contributed by atoms with Crippen molar-refractivity contribution in [2.24, 2.45) is 11.8 Å². The number of amides is 3. The van der Waals surface area contributed by atoms with E-state index in [2.05, 4.69) is 15.4 Å². The molecule has 1 saturated heterocycles. The van der Waals surface area contributed by atoms with Crippen molar-refractivity contribution in [2.45, 2.75) is 38.1 Å². The van der Waals surface area contributed by atoms with Gasteiger partial charge in [-0.3, -0.25) is 19.7 Å². The minimum absolute atomic E-state index is 0.0672. The molecule has 3 heterocycles. The van der Waals surface area contributed by atoms with E-state index in [0.29, 0.717) is 0 Å². The highest BCUT2D eigenvalue weighted by Gasteiger charge is 2.50. The van der Waals surface area contributed by atoms with Crippen LogP contribution in [0.25, 0.3) is 0 Å². The number of carbonyl (C=O) groups excluding carboxylic acids is 3. The van der Waals surface area contributed by atoms with Crippen molar-refractivity contribution in [3.05, 3.63) is 35.9 Å². The first kappa shape index (κ1) is 16.2. The molecule has 1 N–H and O–H groups in total. The first-order valence-electron chi connectivity index (χ1n) is 9.32. The topological polar surface area (TPSA) is 97.2 Å². The second-order valence-electron chi connectivity index (χ2n) is 7.37. The van der Waals surface area contributed by atoms with E-state index in [1.165, 1.54) is 0 Å². The molecule has 3 amide bonds. The molecule has 1 aromatic heterocycles. The van der Waals surface area contributed by atoms with Crippen molar-refractivity contribution in [1.29, 1.82) is 0 Å². The Bertz CT molecular complexity index is 914. The van der Waals surface area contributed by atoms with Crippen molar-refractivity contribution in [3.8, 4) is 0 Å². The Labute approximate surface area is 155 Å². The predicted octanol–water partition coefficient (Wildman–Crippen LogP) is 1.89. The molecule has 138 valence electrons. The smallest absolute Gasteiger partial charge is 0.260 e. The fourth-order valence-corrected chi connectivity index (χ4v) is 4.44. The molecule has 2 fully saturated rings. The highest BCUT2D eigenvalue weighted by Crippen LogP contribution is 2.40. The van der Waals surface area contributed by atoms with Crippen LogP contribution < -0.4 is 10.2 Å². The van der Waals surface area contributed by atoms with E-state index in [9.17, 15) is 14.4 Å². The lowest BCUT2D eigenvalue weighted by molar-refractivity contribution is -0.122. The van der Waals surface area contributed by atoms with Gasteiger partial charge >= 0.3 is 0 Å². The van der Waals surface area contributed by atoms with Gasteiger partial charge in [-0.25, -0.2) is 9.58 Å². The lowest BCUT2D eigenvalue weighted by Crippen LogP contribution is -2.32. The Hall–Kier alpha value is -3.03. The van der Waals surface area contributed by atoms with Gasteiger partial charge in [0.05, 0.1) is 24.3 Å². The normalized spacial score (nSPS) is 27.3. The van der Waals surface area contributed by atoms with Gasteiger partial charge in [0.15, 0.2) is 0 Å². The fraction of sp³-hybridized carbons (Fsp3) is 0.421. The van der Waals surface area contributed by atoms with Crippen molar-refractivity contribution in [1.82, 2.24) is 14.8 Å². The molecule has 1 aliphatic carbocycles. The van der Waals surface area contributed by atoms with Gasteiger partial charge in [0.25, 0.3) is 5.95 Å². The summed E-state index contributed by atoms with van der Waals surface area (Å²) in [5, 5.41) is 7.16. The van der Waals surface area contributed by atoms with Gasteiger partial charge in [0.2, 0.25) is 23.7 Å². The summed E-state index contributed by atoms with van der Waals surface area (Å²) in [4.78, 5) is 43.2. The van der Waals surface area contributed by atoms with Gasteiger partial charge in [-0.1, -0.05) is 43.2 Å². The van der Waals surface area contributed by atoms with E-state index >= 15 is 0 Å². The Kier molecular flexibility index (Phi) is 3.60. The second-order valence-corrected chi connectivity index (χ2v) is 7.37. The molecule has 0 bridgehead atoms. The van der Waals surface area contributed by atoms with Crippen LogP contribution >= 0.6 is 0 Å². The van der Waals surface area contributed by atoms with Crippen LogP contribution in [0.5, 0.6) is 0 Å². The number of nitrogens with one attached hydrogen (secondary N) is 1. The largest absolute Gasteiger partial charge is 0.295 e. The molecule has 0 spiro atoms. The average Bonchev–Trinajstić information content (AvgIpc) is 3.21. The maximum absolute atomic E-state index is 12.8. The van der Waals surface area contributed by atoms with E-state index in [-0.39, 0.29) is 53.9 Å². The molecule has 3 unspecified atom stereocenters.